The number of hydrogen-bond acceptors (Lipinski definition) is 2. The van der Waals surface area contributed by atoms with Crippen LogP contribution in [0.1, 0.15) is 40.0 Å². The molecule has 0 aromatic rings. The summed E-state index contributed by atoms with van der Waals surface area (Å²) < 4.78 is 0. The second-order valence-corrected chi connectivity index (χ2v) is 8.05. The Labute approximate surface area is 120 Å². The van der Waals surface area contributed by atoms with Crippen LogP contribution in [-0.4, -0.2) is 17.7 Å². The first-order chi connectivity index (χ1) is 8.93. The third-order valence-corrected chi connectivity index (χ3v) is 6.38. The monoisotopic (exact) mass is 277 g/mol. The van der Waals surface area contributed by atoms with E-state index in [1.807, 2.05) is 17.6 Å². The first-order valence-corrected chi connectivity index (χ1v) is 8.26. The molecule has 0 spiro atoms. The van der Waals surface area contributed by atoms with Crippen molar-refractivity contribution in [1.82, 2.24) is 5.32 Å². The Balaban J connectivity index is 1.77. The largest absolute Gasteiger partial charge is 0.348 e. The molecule has 2 aliphatic carbocycles. The summed E-state index contributed by atoms with van der Waals surface area (Å²) in [5.41, 5.74) is 1.46. The molecule has 19 heavy (non-hydrogen) atoms. The molecular weight excluding hydrogens is 254 g/mol. The number of amides is 1. The van der Waals surface area contributed by atoms with Gasteiger partial charge >= 0.3 is 0 Å². The quantitative estimate of drug-likeness (QED) is 0.837. The van der Waals surface area contributed by atoms with Gasteiger partial charge in [-0.3, -0.25) is 4.79 Å². The zero-order valence-electron chi connectivity index (χ0n) is 12.0. The van der Waals surface area contributed by atoms with Crippen molar-refractivity contribution in [1.29, 1.82) is 0 Å². The lowest BCUT2D eigenvalue weighted by atomic mass is 9.68. The van der Waals surface area contributed by atoms with Crippen molar-refractivity contribution in [2.75, 3.05) is 5.75 Å². The standard InChI is InChI=1S/C16H23NOS/c1-15(2)12-6-7-16(3,9-12)14(15)17-13(18)11-5-4-8-19-10-11/h4-5,8,12,14H,6-7,9-10H2,1-3H3,(H,17,18). The van der Waals surface area contributed by atoms with Crippen molar-refractivity contribution in [2.24, 2.45) is 16.7 Å². The summed E-state index contributed by atoms with van der Waals surface area (Å²) in [5, 5.41) is 5.40. The molecule has 3 aliphatic rings. The molecule has 1 aliphatic heterocycles. The summed E-state index contributed by atoms with van der Waals surface area (Å²) in [7, 11) is 0. The van der Waals surface area contributed by atoms with E-state index in [2.05, 4.69) is 26.1 Å². The minimum absolute atomic E-state index is 0.142. The summed E-state index contributed by atoms with van der Waals surface area (Å²) in [6.45, 7) is 7.02. The van der Waals surface area contributed by atoms with E-state index in [9.17, 15) is 4.79 Å². The Bertz CT molecular complexity index is 461. The minimum Gasteiger partial charge on any atom is -0.348 e. The fourth-order valence-corrected chi connectivity index (χ4v) is 5.12. The minimum atomic E-state index is 0.142. The molecule has 1 amide bonds. The summed E-state index contributed by atoms with van der Waals surface area (Å²) in [5.74, 6) is 1.72. The fourth-order valence-electron chi connectivity index (χ4n) is 4.42. The smallest absolute Gasteiger partial charge is 0.248 e. The Morgan fingerprint density at radius 1 is 1.42 bits per heavy atom. The Hall–Kier alpha value is -0.700. The second kappa shape index (κ2) is 4.41. The Morgan fingerprint density at radius 2 is 2.21 bits per heavy atom. The molecule has 3 rings (SSSR count). The lowest BCUT2D eigenvalue weighted by Gasteiger charge is -2.43. The number of allylic oxidation sites excluding steroid dienone is 2. The number of thioether (sulfide) groups is 1. The molecule has 1 heterocycles. The van der Waals surface area contributed by atoms with Gasteiger partial charge in [-0.15, -0.1) is 11.8 Å². The van der Waals surface area contributed by atoms with Crippen LogP contribution in [0.5, 0.6) is 0 Å². The molecule has 0 aromatic carbocycles. The maximum Gasteiger partial charge on any atom is 0.248 e. The van der Waals surface area contributed by atoms with Crippen LogP contribution in [0.25, 0.3) is 0 Å². The third kappa shape index (κ3) is 2.06. The van der Waals surface area contributed by atoms with Gasteiger partial charge in [-0.1, -0.05) is 32.9 Å². The predicted molar refractivity (Wildman–Crippen MR) is 80.8 cm³/mol. The average molecular weight is 277 g/mol. The van der Waals surface area contributed by atoms with Crippen LogP contribution < -0.4 is 5.32 Å². The predicted octanol–water partition coefficient (Wildman–Crippen LogP) is 3.50. The van der Waals surface area contributed by atoms with Crippen molar-refractivity contribution in [3.63, 3.8) is 0 Å². The number of hydrogen-bond donors (Lipinski definition) is 1. The molecule has 2 nitrogen and oxygen atoms in total. The van der Waals surface area contributed by atoms with Crippen LogP contribution in [0.15, 0.2) is 23.1 Å². The molecule has 0 radical (unpaired) electrons. The van der Waals surface area contributed by atoms with Crippen molar-refractivity contribution in [2.45, 2.75) is 46.1 Å². The first-order valence-electron chi connectivity index (χ1n) is 7.22. The van der Waals surface area contributed by atoms with Crippen LogP contribution in [0.3, 0.4) is 0 Å². The van der Waals surface area contributed by atoms with Gasteiger partial charge in [-0.05, 0) is 41.4 Å². The van der Waals surface area contributed by atoms with E-state index in [0.717, 1.165) is 17.2 Å². The van der Waals surface area contributed by atoms with Crippen molar-refractivity contribution < 1.29 is 4.79 Å². The van der Waals surface area contributed by atoms with Gasteiger partial charge in [0, 0.05) is 17.4 Å². The summed E-state index contributed by atoms with van der Waals surface area (Å²) in [6.07, 6.45) is 7.79. The lowest BCUT2D eigenvalue weighted by molar-refractivity contribution is -0.120. The maximum atomic E-state index is 12.4. The molecular formula is C16H23NOS. The van der Waals surface area contributed by atoms with Gasteiger partial charge in [-0.2, -0.15) is 0 Å². The van der Waals surface area contributed by atoms with Gasteiger partial charge in [-0.25, -0.2) is 0 Å². The molecule has 1 N–H and O–H groups in total. The molecule has 2 saturated carbocycles. The number of carbonyl (C=O) groups is 1. The average Bonchev–Trinajstić information content (AvgIpc) is 2.87. The maximum absolute atomic E-state index is 12.4. The molecule has 104 valence electrons. The molecule has 0 saturated heterocycles. The van der Waals surface area contributed by atoms with Crippen LogP contribution in [-0.2, 0) is 4.79 Å². The summed E-state index contributed by atoms with van der Waals surface area (Å²) in [6, 6.07) is 0.322. The van der Waals surface area contributed by atoms with E-state index in [-0.39, 0.29) is 11.3 Å². The normalized spacial score (nSPS) is 39.2. The van der Waals surface area contributed by atoms with E-state index in [1.165, 1.54) is 19.3 Å². The van der Waals surface area contributed by atoms with Gasteiger partial charge in [0.15, 0.2) is 0 Å². The van der Waals surface area contributed by atoms with Crippen LogP contribution in [0.2, 0.25) is 0 Å². The highest BCUT2D eigenvalue weighted by Crippen LogP contribution is 2.62. The Kier molecular flexibility index (Phi) is 3.08. The van der Waals surface area contributed by atoms with E-state index in [1.54, 1.807) is 11.8 Å². The van der Waals surface area contributed by atoms with E-state index < -0.39 is 0 Å². The zero-order valence-corrected chi connectivity index (χ0v) is 12.8. The van der Waals surface area contributed by atoms with Gasteiger partial charge in [0.25, 0.3) is 0 Å². The van der Waals surface area contributed by atoms with Crippen LogP contribution in [0, 0.1) is 16.7 Å². The van der Waals surface area contributed by atoms with Crippen LogP contribution in [0.4, 0.5) is 0 Å². The highest BCUT2D eigenvalue weighted by atomic mass is 32.2. The molecule has 3 heteroatoms. The number of carbonyl (C=O) groups excluding carboxylic acids is 1. The molecule has 2 fully saturated rings. The van der Waals surface area contributed by atoms with Gasteiger partial charge < -0.3 is 5.32 Å². The van der Waals surface area contributed by atoms with Crippen molar-refractivity contribution in [3.05, 3.63) is 23.1 Å². The van der Waals surface area contributed by atoms with Crippen LogP contribution >= 0.6 is 11.8 Å². The Morgan fingerprint density at radius 3 is 2.79 bits per heavy atom. The number of rotatable bonds is 2. The molecule has 2 bridgehead atoms. The van der Waals surface area contributed by atoms with Crippen molar-refractivity contribution >= 4 is 17.7 Å². The zero-order chi connectivity index (χ0) is 13.7. The first kappa shape index (κ1) is 13.3. The highest BCUT2D eigenvalue weighted by Gasteiger charge is 2.59. The van der Waals surface area contributed by atoms with E-state index in [4.69, 9.17) is 0 Å². The molecule has 0 aromatic heterocycles. The summed E-state index contributed by atoms with van der Waals surface area (Å²) >= 11 is 1.69. The lowest BCUT2D eigenvalue weighted by Crippen LogP contribution is -2.52. The molecule has 3 unspecified atom stereocenters. The van der Waals surface area contributed by atoms with E-state index in [0.29, 0.717) is 11.5 Å². The van der Waals surface area contributed by atoms with Gasteiger partial charge in [0.1, 0.15) is 0 Å². The topological polar surface area (TPSA) is 29.1 Å². The molecule has 3 atom stereocenters. The van der Waals surface area contributed by atoms with Gasteiger partial charge in [0.05, 0.1) is 0 Å². The SMILES string of the molecule is CC12CCC(C1)C(C)(C)C2NC(=O)C1=CC=CSC1. The fraction of sp³-hybridized carbons (Fsp3) is 0.688. The number of nitrogens with one attached hydrogen (secondary N) is 1. The van der Waals surface area contributed by atoms with Gasteiger partial charge in [0.2, 0.25) is 5.91 Å². The van der Waals surface area contributed by atoms with E-state index >= 15 is 0 Å². The van der Waals surface area contributed by atoms with Crippen molar-refractivity contribution in [3.8, 4) is 0 Å². The second-order valence-electron chi connectivity index (χ2n) is 7.15. The summed E-state index contributed by atoms with van der Waals surface area (Å²) in [4.78, 5) is 12.4. The highest BCUT2D eigenvalue weighted by molar-refractivity contribution is 8.02. The number of fused-ring (bicyclic) bond motifs is 2. The third-order valence-electron chi connectivity index (χ3n) is 5.55.